The van der Waals surface area contributed by atoms with Crippen LogP contribution in [-0.2, 0) is 20.8 Å². The monoisotopic (exact) mass is 795 g/mol. The standard InChI is InChI=1S/C42H50ClN9O5/c1-49(37-13-15-39(53)46-42(37)56)40(54)24-28-2-7-32(8-3-28)51-22-20-50(21-23-51)27-29-16-18-52(19-17-29)38-14-12-36(47-48-38)41(55)45-31-5-10-33(11-6-31)57-34-9-4-30(26-44)35(43)25-34/h2-4,7-9,12,14,25,29,31,33,37H,5-6,10-11,13,15-24,27H2,1H3,(H,45,55)(H,46,53,56). The van der Waals surface area contributed by atoms with E-state index in [1.54, 1.807) is 31.3 Å². The number of piperazine rings is 1. The molecular weight excluding hydrogens is 746 g/mol. The Hall–Kier alpha value is -5.26. The molecule has 4 aliphatic rings. The summed E-state index contributed by atoms with van der Waals surface area (Å²) < 4.78 is 6.08. The number of benzene rings is 2. The number of nitriles is 1. The van der Waals surface area contributed by atoms with E-state index in [0.29, 0.717) is 34.4 Å². The van der Waals surface area contributed by atoms with Crippen LogP contribution < -0.4 is 25.2 Å². The lowest BCUT2D eigenvalue weighted by Gasteiger charge is -2.39. The lowest BCUT2D eigenvalue weighted by molar-refractivity contribution is -0.144. The number of nitrogens with zero attached hydrogens (tertiary/aromatic N) is 7. The van der Waals surface area contributed by atoms with Crippen LogP contribution in [0.15, 0.2) is 54.6 Å². The maximum atomic E-state index is 13.0. The predicted molar refractivity (Wildman–Crippen MR) is 215 cm³/mol. The van der Waals surface area contributed by atoms with E-state index in [2.05, 4.69) is 53.7 Å². The molecule has 3 aliphatic heterocycles. The highest BCUT2D eigenvalue weighted by atomic mass is 35.5. The van der Waals surface area contributed by atoms with Crippen molar-refractivity contribution in [1.82, 2.24) is 30.6 Å². The molecule has 2 aromatic carbocycles. The van der Waals surface area contributed by atoms with E-state index in [-0.39, 0.29) is 42.7 Å². The van der Waals surface area contributed by atoms with Gasteiger partial charge < -0.3 is 24.8 Å². The molecule has 0 spiro atoms. The Labute approximate surface area is 338 Å². The molecule has 14 nitrogen and oxygen atoms in total. The molecular formula is C42H50ClN9O5. The number of likely N-dealkylation sites (N-methyl/N-ethyl adjacent to an activating group) is 1. The second-order valence-electron chi connectivity index (χ2n) is 15.6. The second kappa shape index (κ2) is 18.3. The topological polar surface area (TPSA) is 164 Å². The number of nitrogens with one attached hydrogen (secondary N) is 2. The fourth-order valence-electron chi connectivity index (χ4n) is 8.30. The zero-order valence-corrected chi connectivity index (χ0v) is 33.1. The number of piperidine rings is 2. The number of carbonyl (C=O) groups is 4. The minimum atomic E-state index is -0.610. The van der Waals surface area contributed by atoms with Gasteiger partial charge in [-0.2, -0.15) is 5.26 Å². The SMILES string of the molecule is CN(C(=O)Cc1ccc(N2CCN(CC3CCN(c4ccc(C(=O)NC5CCC(Oc6ccc(C#N)c(Cl)c6)CC5)nn4)CC3)CC2)cc1)C1CCC(=O)NC1=O. The Bertz CT molecular complexity index is 1950. The first-order valence-corrected chi connectivity index (χ1v) is 20.4. The molecule has 1 aromatic heterocycles. The molecule has 1 atom stereocenters. The third-order valence-electron chi connectivity index (χ3n) is 11.8. The van der Waals surface area contributed by atoms with Gasteiger partial charge in [0.2, 0.25) is 17.7 Å². The first-order chi connectivity index (χ1) is 27.6. The van der Waals surface area contributed by atoms with Crippen molar-refractivity contribution in [3.63, 3.8) is 0 Å². The van der Waals surface area contributed by atoms with Crippen LogP contribution in [0.4, 0.5) is 11.5 Å². The summed E-state index contributed by atoms with van der Waals surface area (Å²) in [5.41, 5.74) is 2.78. The maximum absolute atomic E-state index is 13.0. The molecule has 2 N–H and O–H groups in total. The van der Waals surface area contributed by atoms with Gasteiger partial charge in [-0.1, -0.05) is 23.7 Å². The highest BCUT2D eigenvalue weighted by molar-refractivity contribution is 6.31. The summed E-state index contributed by atoms with van der Waals surface area (Å²) in [4.78, 5) is 58.2. The van der Waals surface area contributed by atoms with Gasteiger partial charge in [0.25, 0.3) is 5.91 Å². The number of ether oxygens (including phenoxy) is 1. The molecule has 1 aliphatic carbocycles. The van der Waals surface area contributed by atoms with E-state index in [1.807, 2.05) is 18.2 Å². The van der Waals surface area contributed by atoms with E-state index in [0.717, 1.165) is 101 Å². The lowest BCUT2D eigenvalue weighted by Crippen LogP contribution is -2.53. The fourth-order valence-corrected chi connectivity index (χ4v) is 8.51. The van der Waals surface area contributed by atoms with Crippen molar-refractivity contribution in [3.8, 4) is 11.8 Å². The molecule has 0 radical (unpaired) electrons. The summed E-state index contributed by atoms with van der Waals surface area (Å²) in [6, 6.07) is 18.4. The van der Waals surface area contributed by atoms with E-state index in [9.17, 15) is 19.2 Å². The van der Waals surface area contributed by atoms with Crippen molar-refractivity contribution in [3.05, 3.63) is 76.4 Å². The number of amides is 4. The van der Waals surface area contributed by atoms with Crippen molar-refractivity contribution in [2.45, 2.75) is 76.0 Å². The molecule has 300 valence electrons. The van der Waals surface area contributed by atoms with Crippen molar-refractivity contribution < 1.29 is 23.9 Å². The number of aromatic nitrogens is 2. The summed E-state index contributed by atoms with van der Waals surface area (Å²) in [5, 5.41) is 23.6. The Morgan fingerprint density at radius 3 is 2.30 bits per heavy atom. The largest absolute Gasteiger partial charge is 0.490 e. The van der Waals surface area contributed by atoms with Gasteiger partial charge in [0.15, 0.2) is 11.5 Å². The minimum Gasteiger partial charge on any atom is -0.490 e. The molecule has 1 unspecified atom stereocenters. The van der Waals surface area contributed by atoms with Gasteiger partial charge in [0.05, 0.1) is 23.1 Å². The molecule has 3 aromatic rings. The third kappa shape index (κ3) is 10.2. The first kappa shape index (κ1) is 40.0. The summed E-state index contributed by atoms with van der Waals surface area (Å²) in [6.45, 7) is 6.76. The molecule has 1 saturated carbocycles. The Kier molecular flexibility index (Phi) is 12.9. The average Bonchev–Trinajstić information content (AvgIpc) is 3.22. The van der Waals surface area contributed by atoms with Crippen LogP contribution >= 0.6 is 11.6 Å². The zero-order chi connectivity index (χ0) is 39.9. The molecule has 7 rings (SSSR count). The minimum absolute atomic E-state index is 0.0301. The molecule has 4 amide bonds. The number of anilines is 2. The number of hydrogen-bond donors (Lipinski definition) is 2. The molecule has 3 saturated heterocycles. The average molecular weight is 796 g/mol. The van der Waals surface area contributed by atoms with E-state index >= 15 is 0 Å². The highest BCUT2D eigenvalue weighted by Crippen LogP contribution is 2.28. The van der Waals surface area contributed by atoms with Crippen LogP contribution in [0.1, 0.15) is 73.0 Å². The molecule has 4 heterocycles. The second-order valence-corrected chi connectivity index (χ2v) is 16.0. The summed E-state index contributed by atoms with van der Waals surface area (Å²) in [6.07, 6.45) is 6.18. The van der Waals surface area contributed by atoms with Crippen LogP contribution in [0.5, 0.6) is 5.75 Å². The molecule has 15 heteroatoms. The fraction of sp³-hybridized carbons (Fsp3) is 0.500. The smallest absolute Gasteiger partial charge is 0.272 e. The summed E-state index contributed by atoms with van der Waals surface area (Å²) >= 11 is 6.15. The Morgan fingerprint density at radius 2 is 1.65 bits per heavy atom. The van der Waals surface area contributed by atoms with Crippen LogP contribution in [0.25, 0.3) is 0 Å². The summed E-state index contributed by atoms with van der Waals surface area (Å²) in [7, 11) is 1.63. The quantitative estimate of drug-likeness (QED) is 0.270. The van der Waals surface area contributed by atoms with Crippen molar-refractivity contribution in [2.75, 3.05) is 62.7 Å². The van der Waals surface area contributed by atoms with Gasteiger partial charge in [-0.25, -0.2) is 0 Å². The zero-order valence-electron chi connectivity index (χ0n) is 32.4. The Balaban J connectivity index is 0.785. The van der Waals surface area contributed by atoms with E-state index in [1.165, 1.54) is 4.90 Å². The van der Waals surface area contributed by atoms with Crippen LogP contribution in [0.3, 0.4) is 0 Å². The molecule has 0 bridgehead atoms. The predicted octanol–water partition coefficient (Wildman–Crippen LogP) is 3.97. The van der Waals surface area contributed by atoms with E-state index in [4.69, 9.17) is 21.6 Å². The van der Waals surface area contributed by atoms with Gasteiger partial charge in [-0.3, -0.25) is 29.4 Å². The number of hydrogen-bond acceptors (Lipinski definition) is 11. The number of carbonyl (C=O) groups excluding carboxylic acids is 4. The van der Waals surface area contributed by atoms with Gasteiger partial charge in [0.1, 0.15) is 17.9 Å². The van der Waals surface area contributed by atoms with Crippen molar-refractivity contribution >= 4 is 46.7 Å². The van der Waals surface area contributed by atoms with Gasteiger partial charge >= 0.3 is 0 Å². The number of rotatable bonds is 11. The van der Waals surface area contributed by atoms with Crippen LogP contribution in [-0.4, -0.2) is 115 Å². The van der Waals surface area contributed by atoms with Gasteiger partial charge in [-0.15, -0.1) is 10.2 Å². The number of halogens is 1. The number of imide groups is 1. The lowest BCUT2D eigenvalue weighted by atomic mass is 9.93. The normalized spacial score (nSPS) is 22.0. The Morgan fingerprint density at radius 1 is 0.912 bits per heavy atom. The summed E-state index contributed by atoms with van der Waals surface area (Å²) in [5.74, 6) is 1.01. The van der Waals surface area contributed by atoms with Gasteiger partial charge in [-0.05, 0) is 92.8 Å². The van der Waals surface area contributed by atoms with Crippen LogP contribution in [0, 0.1) is 17.2 Å². The van der Waals surface area contributed by atoms with Gasteiger partial charge in [0, 0.05) is 77.1 Å². The van der Waals surface area contributed by atoms with Crippen molar-refractivity contribution in [1.29, 1.82) is 5.26 Å². The third-order valence-corrected chi connectivity index (χ3v) is 12.1. The highest BCUT2D eigenvalue weighted by Gasteiger charge is 2.32. The van der Waals surface area contributed by atoms with Crippen molar-refractivity contribution in [2.24, 2.45) is 5.92 Å². The molecule has 57 heavy (non-hydrogen) atoms. The van der Waals surface area contributed by atoms with Crippen LogP contribution in [0.2, 0.25) is 5.02 Å². The van der Waals surface area contributed by atoms with E-state index < -0.39 is 11.9 Å². The maximum Gasteiger partial charge on any atom is 0.272 e. The molecule has 4 fully saturated rings. The first-order valence-electron chi connectivity index (χ1n) is 20.0.